The van der Waals surface area contributed by atoms with Crippen LogP contribution in [0.4, 0.5) is 6.01 Å². The summed E-state index contributed by atoms with van der Waals surface area (Å²) in [6.45, 7) is 0. The zero-order valence-corrected chi connectivity index (χ0v) is 7.43. The van der Waals surface area contributed by atoms with Crippen molar-refractivity contribution in [3.05, 3.63) is 18.6 Å². The number of rotatable bonds is 1. The summed E-state index contributed by atoms with van der Waals surface area (Å²) < 4.78 is 6.86. The Balaban J connectivity index is 2.78. The third kappa shape index (κ3) is 1.09. The van der Waals surface area contributed by atoms with E-state index in [0.29, 0.717) is 11.5 Å². The van der Waals surface area contributed by atoms with Crippen LogP contribution < -0.4 is 9.30 Å². The molecule has 2 rings (SSSR count). The Morgan fingerprint density at radius 3 is 3.00 bits per heavy atom. The molecule has 0 unspecified atom stereocenters. The number of nitrogens with zero attached hydrogens (tertiary/aromatic N) is 3. The van der Waals surface area contributed by atoms with Gasteiger partial charge in [-0.3, -0.25) is 4.98 Å². The van der Waals surface area contributed by atoms with Gasteiger partial charge in [0.25, 0.3) is 0 Å². The summed E-state index contributed by atoms with van der Waals surface area (Å²) in [4.78, 5) is 5.66. The Bertz CT molecular complexity index is 436. The minimum atomic E-state index is -0.114. The van der Waals surface area contributed by atoms with E-state index in [1.807, 2.05) is 14.1 Å². The number of aromatic nitrogens is 2. The Morgan fingerprint density at radius 1 is 1.54 bits per heavy atom. The minimum Gasteiger partial charge on any atom is -0.477 e. The molecule has 0 radical (unpaired) electrons. The molecule has 0 aliphatic heterocycles. The highest BCUT2D eigenvalue weighted by atomic mass is 16.5. The Hall–Kier alpha value is -1.78. The molecule has 1 N–H and O–H groups in total. The van der Waals surface area contributed by atoms with Gasteiger partial charge in [0.1, 0.15) is 6.20 Å². The molecule has 0 aliphatic carbocycles. The van der Waals surface area contributed by atoms with Crippen LogP contribution in [-0.2, 0) is 0 Å². The lowest BCUT2D eigenvalue weighted by molar-refractivity contribution is -0.503. The van der Waals surface area contributed by atoms with Gasteiger partial charge in [0.05, 0.1) is 26.5 Å². The van der Waals surface area contributed by atoms with Gasteiger partial charge in [0.15, 0.2) is 0 Å². The van der Waals surface area contributed by atoms with Crippen LogP contribution in [0.25, 0.3) is 5.52 Å². The van der Waals surface area contributed by atoms with Crippen LogP contribution in [0.15, 0.2) is 23.0 Å². The fourth-order valence-electron chi connectivity index (χ4n) is 1.18. The normalized spacial score (nSPS) is 10.6. The largest absolute Gasteiger partial charge is 0.477 e. The van der Waals surface area contributed by atoms with Crippen molar-refractivity contribution >= 4 is 11.5 Å². The highest BCUT2D eigenvalue weighted by molar-refractivity contribution is 5.47. The molecule has 2 aromatic heterocycles. The number of oxazole rings is 1. The monoisotopic (exact) mass is 180 g/mol. The van der Waals surface area contributed by atoms with Gasteiger partial charge in [0.2, 0.25) is 5.52 Å². The van der Waals surface area contributed by atoms with Crippen LogP contribution in [0.3, 0.4) is 0 Å². The first-order chi connectivity index (χ1) is 6.20. The lowest BCUT2D eigenvalue weighted by Crippen LogP contribution is -2.27. The van der Waals surface area contributed by atoms with E-state index in [1.165, 1.54) is 0 Å². The third-order valence-electron chi connectivity index (χ3n) is 1.75. The number of aromatic hydroxyl groups is 1. The van der Waals surface area contributed by atoms with Crippen molar-refractivity contribution in [1.82, 2.24) is 4.98 Å². The first kappa shape index (κ1) is 7.85. The molecule has 5 heteroatoms. The van der Waals surface area contributed by atoms with E-state index < -0.39 is 0 Å². The van der Waals surface area contributed by atoms with Gasteiger partial charge >= 0.3 is 12.0 Å². The number of hydrogen-bond acceptors (Lipinski definition) is 4. The van der Waals surface area contributed by atoms with Crippen LogP contribution in [0.5, 0.6) is 5.95 Å². The average Bonchev–Trinajstić information content (AvgIpc) is 2.45. The third-order valence-corrected chi connectivity index (χ3v) is 1.75. The van der Waals surface area contributed by atoms with Crippen molar-refractivity contribution in [2.75, 3.05) is 19.0 Å². The van der Waals surface area contributed by atoms with Gasteiger partial charge in [-0.1, -0.05) is 0 Å². The van der Waals surface area contributed by atoms with E-state index in [4.69, 9.17) is 4.42 Å². The van der Waals surface area contributed by atoms with E-state index in [-0.39, 0.29) is 5.95 Å². The predicted octanol–water partition coefficient (Wildman–Crippen LogP) is 0.185. The second-order valence-corrected chi connectivity index (χ2v) is 2.92. The van der Waals surface area contributed by atoms with E-state index in [0.717, 1.165) is 0 Å². The SMILES string of the molecule is CN(C)c1oc(O)c2cncc[n+]12. The molecule has 0 bridgehead atoms. The zero-order valence-electron chi connectivity index (χ0n) is 7.43. The Kier molecular flexibility index (Phi) is 1.58. The van der Waals surface area contributed by atoms with E-state index in [9.17, 15) is 5.11 Å². The van der Waals surface area contributed by atoms with Gasteiger partial charge in [-0.2, -0.15) is 4.40 Å². The summed E-state index contributed by atoms with van der Waals surface area (Å²) in [5.74, 6) is -0.114. The summed E-state index contributed by atoms with van der Waals surface area (Å²) in [6.07, 6.45) is 4.91. The molecule has 0 aliphatic rings. The smallest absolute Gasteiger partial charge is 0.464 e. The van der Waals surface area contributed by atoms with Crippen molar-refractivity contribution < 1.29 is 13.9 Å². The standard InChI is InChI=1S/C8H9N3O2/c1-10(2)8-11-4-3-9-5-6(11)7(12)13-8/h3-5H,1-2H3/p+1. The minimum absolute atomic E-state index is 0.114. The first-order valence-corrected chi connectivity index (χ1v) is 3.84. The molecule has 2 heterocycles. The van der Waals surface area contributed by atoms with E-state index in [1.54, 1.807) is 27.9 Å². The molecule has 0 fully saturated rings. The highest BCUT2D eigenvalue weighted by Gasteiger charge is 2.20. The van der Waals surface area contributed by atoms with Crippen LogP contribution in [-0.4, -0.2) is 24.2 Å². The maximum absolute atomic E-state index is 9.39. The fraction of sp³-hybridized carbons (Fsp3) is 0.250. The van der Waals surface area contributed by atoms with Gasteiger partial charge in [-0.25, -0.2) is 4.90 Å². The van der Waals surface area contributed by atoms with Crippen LogP contribution in [0.1, 0.15) is 0 Å². The van der Waals surface area contributed by atoms with Crippen molar-refractivity contribution in [1.29, 1.82) is 0 Å². The first-order valence-electron chi connectivity index (χ1n) is 3.84. The molecule has 13 heavy (non-hydrogen) atoms. The van der Waals surface area contributed by atoms with Crippen LogP contribution in [0, 0.1) is 0 Å². The topological polar surface area (TPSA) is 53.6 Å². The molecule has 68 valence electrons. The van der Waals surface area contributed by atoms with Crippen molar-refractivity contribution in [3.8, 4) is 5.95 Å². The molecular weight excluding hydrogens is 170 g/mol. The molecule has 0 saturated carbocycles. The van der Waals surface area contributed by atoms with Crippen molar-refractivity contribution in [3.63, 3.8) is 0 Å². The maximum Gasteiger partial charge on any atom is 0.464 e. The van der Waals surface area contributed by atoms with Crippen molar-refractivity contribution in [2.45, 2.75) is 0 Å². The average molecular weight is 180 g/mol. The predicted molar refractivity (Wildman–Crippen MR) is 45.7 cm³/mol. The zero-order chi connectivity index (χ0) is 9.42. The molecule has 0 amide bonds. The number of fused-ring (bicyclic) bond motifs is 1. The maximum atomic E-state index is 9.39. The summed E-state index contributed by atoms with van der Waals surface area (Å²) in [5.41, 5.74) is 0.561. The van der Waals surface area contributed by atoms with Crippen LogP contribution >= 0.6 is 0 Å². The molecule has 5 nitrogen and oxygen atoms in total. The second kappa shape index (κ2) is 2.62. The lowest BCUT2D eigenvalue weighted by Gasteiger charge is -1.96. The second-order valence-electron chi connectivity index (χ2n) is 2.92. The van der Waals surface area contributed by atoms with Gasteiger partial charge in [0, 0.05) is 0 Å². The van der Waals surface area contributed by atoms with E-state index in [2.05, 4.69) is 4.98 Å². The quantitative estimate of drug-likeness (QED) is 0.636. The fourth-order valence-corrected chi connectivity index (χ4v) is 1.18. The summed E-state index contributed by atoms with van der Waals surface area (Å²) in [7, 11) is 3.68. The molecular formula is C8H10N3O2+. The molecule has 0 saturated heterocycles. The van der Waals surface area contributed by atoms with Gasteiger partial charge in [-0.15, -0.1) is 0 Å². The molecule has 0 atom stereocenters. The van der Waals surface area contributed by atoms with Gasteiger partial charge < -0.3 is 9.52 Å². The summed E-state index contributed by atoms with van der Waals surface area (Å²) in [5, 5.41) is 9.39. The molecule has 0 aromatic carbocycles. The lowest BCUT2D eigenvalue weighted by atomic mass is 10.5. The van der Waals surface area contributed by atoms with Crippen molar-refractivity contribution in [2.24, 2.45) is 0 Å². The van der Waals surface area contributed by atoms with Crippen LogP contribution in [0.2, 0.25) is 0 Å². The number of anilines is 1. The van der Waals surface area contributed by atoms with E-state index >= 15 is 0 Å². The Labute approximate surface area is 74.9 Å². The Morgan fingerprint density at radius 2 is 2.31 bits per heavy atom. The molecule has 0 spiro atoms. The summed E-state index contributed by atoms with van der Waals surface area (Å²) >= 11 is 0. The highest BCUT2D eigenvalue weighted by Crippen LogP contribution is 2.20. The number of hydrogen-bond donors (Lipinski definition) is 1. The summed E-state index contributed by atoms with van der Waals surface area (Å²) in [6, 6.07) is 0.565. The van der Waals surface area contributed by atoms with Gasteiger partial charge in [-0.05, 0) is 0 Å². The molecule has 2 aromatic rings.